The van der Waals surface area contributed by atoms with Crippen molar-refractivity contribution in [2.24, 2.45) is 17.7 Å². The SMILES string of the molecule is Cc1cc(C(NN)C2CCC(C)CC2)c(C)nn1. The van der Waals surface area contributed by atoms with E-state index in [2.05, 4.69) is 28.6 Å². The highest BCUT2D eigenvalue weighted by molar-refractivity contribution is 5.24. The zero-order chi connectivity index (χ0) is 13.1. The van der Waals surface area contributed by atoms with Gasteiger partial charge in [-0.25, -0.2) is 0 Å². The van der Waals surface area contributed by atoms with Gasteiger partial charge < -0.3 is 0 Å². The molecule has 100 valence electrons. The Morgan fingerprint density at radius 1 is 1.22 bits per heavy atom. The quantitative estimate of drug-likeness (QED) is 0.637. The predicted molar refractivity (Wildman–Crippen MR) is 72.7 cm³/mol. The van der Waals surface area contributed by atoms with Crippen molar-refractivity contribution in [3.63, 3.8) is 0 Å². The summed E-state index contributed by atoms with van der Waals surface area (Å²) in [5, 5.41) is 8.31. The molecule has 4 heteroatoms. The summed E-state index contributed by atoms with van der Waals surface area (Å²) in [5.74, 6) is 7.27. The van der Waals surface area contributed by atoms with Crippen LogP contribution < -0.4 is 11.3 Å². The molecule has 1 saturated carbocycles. The van der Waals surface area contributed by atoms with Crippen LogP contribution in [0.25, 0.3) is 0 Å². The fraction of sp³-hybridized carbons (Fsp3) is 0.714. The molecule has 3 N–H and O–H groups in total. The summed E-state index contributed by atoms with van der Waals surface area (Å²) in [5.41, 5.74) is 6.16. The molecule has 0 spiro atoms. The van der Waals surface area contributed by atoms with Crippen LogP contribution in [-0.2, 0) is 0 Å². The van der Waals surface area contributed by atoms with Gasteiger partial charge in [-0.05, 0) is 50.2 Å². The first-order chi connectivity index (χ1) is 8.61. The molecule has 2 rings (SSSR count). The van der Waals surface area contributed by atoms with Crippen LogP contribution in [0.3, 0.4) is 0 Å². The highest BCUT2D eigenvalue weighted by Gasteiger charge is 2.27. The molecule has 0 aromatic carbocycles. The molecule has 1 aliphatic carbocycles. The topological polar surface area (TPSA) is 63.8 Å². The Morgan fingerprint density at radius 3 is 2.50 bits per heavy atom. The maximum Gasteiger partial charge on any atom is 0.0648 e. The monoisotopic (exact) mass is 248 g/mol. The van der Waals surface area contributed by atoms with E-state index in [4.69, 9.17) is 5.84 Å². The number of hydrogen-bond donors (Lipinski definition) is 2. The number of hydrazine groups is 1. The van der Waals surface area contributed by atoms with Gasteiger partial charge in [0, 0.05) is 0 Å². The number of aromatic nitrogens is 2. The predicted octanol–water partition coefficient (Wildman–Crippen LogP) is 2.42. The standard InChI is InChI=1S/C14H24N4/c1-9-4-6-12(7-5-9)14(16-15)13-8-10(2)17-18-11(13)3/h8-9,12,14,16H,4-7,15H2,1-3H3. The summed E-state index contributed by atoms with van der Waals surface area (Å²) in [6, 6.07) is 2.33. The van der Waals surface area contributed by atoms with Gasteiger partial charge in [0.1, 0.15) is 0 Å². The van der Waals surface area contributed by atoms with Gasteiger partial charge in [-0.1, -0.05) is 19.8 Å². The van der Waals surface area contributed by atoms with Gasteiger partial charge in [0.2, 0.25) is 0 Å². The first-order valence-electron chi connectivity index (χ1n) is 6.88. The molecule has 1 heterocycles. The number of hydrogen-bond acceptors (Lipinski definition) is 4. The number of nitrogens with two attached hydrogens (primary N) is 1. The smallest absolute Gasteiger partial charge is 0.0648 e. The summed E-state index contributed by atoms with van der Waals surface area (Å²) < 4.78 is 0. The molecule has 1 fully saturated rings. The summed E-state index contributed by atoms with van der Waals surface area (Å²) in [6.07, 6.45) is 5.10. The minimum Gasteiger partial charge on any atom is -0.271 e. The van der Waals surface area contributed by atoms with Crippen molar-refractivity contribution in [2.75, 3.05) is 0 Å². The average Bonchev–Trinajstić information content (AvgIpc) is 2.37. The first-order valence-corrected chi connectivity index (χ1v) is 6.88. The van der Waals surface area contributed by atoms with Crippen LogP contribution in [0.5, 0.6) is 0 Å². The molecule has 4 nitrogen and oxygen atoms in total. The molecule has 0 bridgehead atoms. The molecule has 1 unspecified atom stereocenters. The average molecular weight is 248 g/mol. The van der Waals surface area contributed by atoms with E-state index in [1.807, 2.05) is 13.8 Å². The molecule has 0 amide bonds. The van der Waals surface area contributed by atoms with Crippen molar-refractivity contribution in [3.8, 4) is 0 Å². The van der Waals surface area contributed by atoms with Gasteiger partial charge in [-0.15, -0.1) is 0 Å². The maximum absolute atomic E-state index is 5.79. The van der Waals surface area contributed by atoms with Crippen LogP contribution >= 0.6 is 0 Å². The lowest BCUT2D eigenvalue weighted by Gasteiger charge is -2.33. The third-order valence-electron chi connectivity index (χ3n) is 4.19. The molecule has 0 radical (unpaired) electrons. The Kier molecular flexibility index (Phi) is 4.30. The van der Waals surface area contributed by atoms with E-state index in [1.165, 1.54) is 31.2 Å². The van der Waals surface area contributed by atoms with Gasteiger partial charge >= 0.3 is 0 Å². The molecule has 0 aliphatic heterocycles. The summed E-state index contributed by atoms with van der Waals surface area (Å²) in [6.45, 7) is 6.33. The normalized spacial score (nSPS) is 26.0. The van der Waals surface area contributed by atoms with Gasteiger partial charge in [0.15, 0.2) is 0 Å². The summed E-state index contributed by atoms with van der Waals surface area (Å²) in [7, 11) is 0. The Morgan fingerprint density at radius 2 is 1.89 bits per heavy atom. The van der Waals surface area contributed by atoms with Crippen molar-refractivity contribution in [1.29, 1.82) is 0 Å². The van der Waals surface area contributed by atoms with E-state index in [0.717, 1.165) is 17.3 Å². The van der Waals surface area contributed by atoms with Crippen molar-refractivity contribution in [3.05, 3.63) is 23.0 Å². The van der Waals surface area contributed by atoms with Crippen LogP contribution in [0.4, 0.5) is 0 Å². The largest absolute Gasteiger partial charge is 0.271 e. The Balaban J connectivity index is 2.19. The maximum atomic E-state index is 5.79. The van der Waals surface area contributed by atoms with Crippen molar-refractivity contribution < 1.29 is 0 Å². The van der Waals surface area contributed by atoms with Gasteiger partial charge in [0.25, 0.3) is 0 Å². The van der Waals surface area contributed by atoms with E-state index in [0.29, 0.717) is 5.92 Å². The van der Waals surface area contributed by atoms with E-state index < -0.39 is 0 Å². The third-order valence-corrected chi connectivity index (χ3v) is 4.19. The Bertz CT molecular complexity index is 397. The fourth-order valence-corrected chi connectivity index (χ4v) is 2.98. The molecular formula is C14H24N4. The second-order valence-electron chi connectivity index (χ2n) is 5.69. The van der Waals surface area contributed by atoms with Crippen LogP contribution in [0.15, 0.2) is 6.07 Å². The number of aryl methyl sites for hydroxylation is 2. The van der Waals surface area contributed by atoms with Crippen LogP contribution in [-0.4, -0.2) is 10.2 Å². The van der Waals surface area contributed by atoms with Crippen LogP contribution in [0.2, 0.25) is 0 Å². The molecule has 1 aliphatic rings. The molecule has 1 atom stereocenters. The lowest BCUT2D eigenvalue weighted by Crippen LogP contribution is -2.36. The minimum absolute atomic E-state index is 0.215. The minimum atomic E-state index is 0.215. The number of nitrogens with one attached hydrogen (secondary N) is 1. The first kappa shape index (κ1) is 13.4. The molecule has 18 heavy (non-hydrogen) atoms. The van der Waals surface area contributed by atoms with Crippen molar-refractivity contribution in [1.82, 2.24) is 15.6 Å². The summed E-state index contributed by atoms with van der Waals surface area (Å²) in [4.78, 5) is 0. The second kappa shape index (κ2) is 5.76. The Labute approximate surface area is 109 Å². The highest BCUT2D eigenvalue weighted by Crippen LogP contribution is 2.36. The number of nitrogens with zero attached hydrogens (tertiary/aromatic N) is 2. The lowest BCUT2D eigenvalue weighted by atomic mass is 9.77. The highest BCUT2D eigenvalue weighted by atomic mass is 15.2. The fourth-order valence-electron chi connectivity index (χ4n) is 2.98. The molecule has 0 saturated heterocycles. The number of rotatable bonds is 3. The molecule has 1 aromatic rings. The van der Waals surface area contributed by atoms with Crippen LogP contribution in [0.1, 0.15) is 55.6 Å². The van der Waals surface area contributed by atoms with Crippen molar-refractivity contribution in [2.45, 2.75) is 52.5 Å². The zero-order valence-electron chi connectivity index (χ0n) is 11.6. The van der Waals surface area contributed by atoms with E-state index in [9.17, 15) is 0 Å². The summed E-state index contributed by atoms with van der Waals surface area (Å²) >= 11 is 0. The second-order valence-corrected chi connectivity index (χ2v) is 5.69. The van der Waals surface area contributed by atoms with Crippen LogP contribution in [0, 0.1) is 25.7 Å². The zero-order valence-corrected chi connectivity index (χ0v) is 11.6. The van der Waals surface area contributed by atoms with Crippen molar-refractivity contribution >= 4 is 0 Å². The van der Waals surface area contributed by atoms with Gasteiger partial charge in [-0.2, -0.15) is 10.2 Å². The Hall–Kier alpha value is -1.00. The van der Waals surface area contributed by atoms with E-state index in [-0.39, 0.29) is 6.04 Å². The molecular weight excluding hydrogens is 224 g/mol. The van der Waals surface area contributed by atoms with Gasteiger partial charge in [0.05, 0.1) is 17.4 Å². The van der Waals surface area contributed by atoms with E-state index >= 15 is 0 Å². The third kappa shape index (κ3) is 2.87. The van der Waals surface area contributed by atoms with Gasteiger partial charge in [-0.3, -0.25) is 11.3 Å². The van der Waals surface area contributed by atoms with E-state index in [1.54, 1.807) is 0 Å². The lowest BCUT2D eigenvalue weighted by molar-refractivity contribution is 0.231. The molecule has 1 aromatic heterocycles.